The minimum atomic E-state index is -0.134. The molecule has 1 heterocycles. The maximum atomic E-state index is 13.1. The maximum absolute atomic E-state index is 13.1. The Labute approximate surface area is 164 Å². The van der Waals surface area contributed by atoms with Crippen molar-refractivity contribution in [1.29, 1.82) is 0 Å². The summed E-state index contributed by atoms with van der Waals surface area (Å²) in [6.07, 6.45) is 3.85. The minimum Gasteiger partial charge on any atom is -0.355 e. The molecule has 0 aliphatic carbocycles. The van der Waals surface area contributed by atoms with Gasteiger partial charge in [-0.25, -0.2) is 0 Å². The van der Waals surface area contributed by atoms with Gasteiger partial charge in [0.1, 0.15) is 6.54 Å². The number of amides is 2. The molecule has 0 saturated heterocycles. The highest BCUT2D eigenvalue weighted by Gasteiger charge is 2.30. The molecule has 2 aromatic rings. The molecule has 5 heteroatoms. The highest BCUT2D eigenvalue weighted by molar-refractivity contribution is 8.04. The number of carbonyl (C=O) groups excluding carboxylic acids is 2. The molecule has 4 nitrogen and oxygen atoms in total. The summed E-state index contributed by atoms with van der Waals surface area (Å²) in [7, 11) is 0. The predicted octanol–water partition coefficient (Wildman–Crippen LogP) is 4.39. The Hall–Kier alpha value is -2.53. The van der Waals surface area contributed by atoms with Crippen LogP contribution in [0.15, 0.2) is 58.3 Å². The fraction of sp³-hybridized carbons (Fsp3) is 0.273. The van der Waals surface area contributed by atoms with E-state index in [1.807, 2.05) is 61.5 Å². The summed E-state index contributed by atoms with van der Waals surface area (Å²) in [5.74, 6) is -0.266. The maximum Gasteiger partial charge on any atom is 0.265 e. The number of hydrogen-bond donors (Lipinski definition) is 1. The van der Waals surface area contributed by atoms with E-state index in [4.69, 9.17) is 0 Å². The van der Waals surface area contributed by atoms with Gasteiger partial charge in [-0.15, -0.1) is 0 Å². The number of nitrogens with zero attached hydrogens (tertiary/aromatic N) is 1. The zero-order valence-corrected chi connectivity index (χ0v) is 16.5. The van der Waals surface area contributed by atoms with E-state index in [0.29, 0.717) is 11.4 Å². The van der Waals surface area contributed by atoms with Crippen molar-refractivity contribution >= 4 is 35.3 Å². The molecule has 0 radical (unpaired) electrons. The zero-order valence-electron chi connectivity index (χ0n) is 15.7. The Morgan fingerprint density at radius 2 is 1.89 bits per heavy atom. The summed E-state index contributed by atoms with van der Waals surface area (Å²) in [5.41, 5.74) is 2.94. The molecule has 0 saturated carbocycles. The van der Waals surface area contributed by atoms with Gasteiger partial charge in [-0.05, 0) is 37.1 Å². The summed E-state index contributed by atoms with van der Waals surface area (Å²) in [6.45, 7) is 4.79. The third kappa shape index (κ3) is 4.80. The molecule has 0 fully saturated rings. The number of fused-ring (bicyclic) bond motifs is 1. The van der Waals surface area contributed by atoms with Crippen molar-refractivity contribution in [2.45, 2.75) is 31.6 Å². The summed E-state index contributed by atoms with van der Waals surface area (Å²) >= 11 is 1.45. The molecular weight excluding hydrogens is 356 g/mol. The van der Waals surface area contributed by atoms with Crippen LogP contribution in [0.2, 0.25) is 0 Å². The summed E-state index contributed by atoms with van der Waals surface area (Å²) in [5, 5.41) is 2.89. The molecule has 27 heavy (non-hydrogen) atoms. The molecule has 140 valence electrons. The van der Waals surface area contributed by atoms with Crippen molar-refractivity contribution in [3.05, 3.63) is 64.6 Å². The van der Waals surface area contributed by atoms with Crippen molar-refractivity contribution < 1.29 is 9.59 Å². The lowest BCUT2D eigenvalue weighted by molar-refractivity contribution is -0.122. The molecule has 1 N–H and O–H groups in total. The van der Waals surface area contributed by atoms with Gasteiger partial charge in [-0.1, -0.05) is 67.1 Å². The van der Waals surface area contributed by atoms with Crippen LogP contribution in [0.25, 0.3) is 6.08 Å². The van der Waals surface area contributed by atoms with Gasteiger partial charge in [-0.2, -0.15) is 0 Å². The molecule has 2 amide bonds. The lowest BCUT2D eigenvalue weighted by Gasteiger charge is -2.29. The monoisotopic (exact) mass is 380 g/mol. The van der Waals surface area contributed by atoms with Crippen LogP contribution in [-0.4, -0.2) is 24.9 Å². The van der Waals surface area contributed by atoms with Crippen molar-refractivity contribution in [2.24, 2.45) is 0 Å². The smallest absolute Gasteiger partial charge is 0.265 e. The number of rotatable bonds is 6. The second-order valence-corrected chi connectivity index (χ2v) is 7.67. The van der Waals surface area contributed by atoms with Crippen LogP contribution in [0.4, 0.5) is 5.69 Å². The topological polar surface area (TPSA) is 49.4 Å². The first kappa shape index (κ1) is 19.2. The number of thioether (sulfide) groups is 1. The van der Waals surface area contributed by atoms with Gasteiger partial charge in [0.15, 0.2) is 0 Å². The van der Waals surface area contributed by atoms with E-state index in [2.05, 4.69) is 12.2 Å². The number of unbranched alkanes of at least 4 members (excludes halogenated alkanes) is 1. The standard InChI is InChI=1S/C22H24N2O2S/c1-3-4-13-23-21(25)15-24-18-7-5-6-8-19(18)27-20(22(24)26)14-17-11-9-16(2)10-12-17/h5-12,14H,3-4,13,15H2,1-2H3,(H,23,25)/b20-14+. The van der Waals surface area contributed by atoms with Gasteiger partial charge in [0.2, 0.25) is 5.91 Å². The second-order valence-electron chi connectivity index (χ2n) is 6.58. The number of carbonyl (C=O) groups is 2. The molecule has 0 spiro atoms. The van der Waals surface area contributed by atoms with Crippen LogP contribution in [0, 0.1) is 6.92 Å². The van der Waals surface area contributed by atoms with E-state index >= 15 is 0 Å². The molecule has 0 atom stereocenters. The van der Waals surface area contributed by atoms with Gasteiger partial charge < -0.3 is 5.32 Å². The third-order valence-corrected chi connectivity index (χ3v) is 5.44. The first-order valence-corrected chi connectivity index (χ1v) is 10.0. The Morgan fingerprint density at radius 1 is 1.15 bits per heavy atom. The lowest BCUT2D eigenvalue weighted by Crippen LogP contribution is -2.42. The van der Waals surface area contributed by atoms with Crippen LogP contribution >= 0.6 is 11.8 Å². The fourth-order valence-electron chi connectivity index (χ4n) is 2.84. The largest absolute Gasteiger partial charge is 0.355 e. The quantitative estimate of drug-likeness (QED) is 0.597. The van der Waals surface area contributed by atoms with Crippen molar-refractivity contribution in [2.75, 3.05) is 18.0 Å². The first-order chi connectivity index (χ1) is 13.1. The van der Waals surface area contributed by atoms with E-state index in [1.165, 1.54) is 17.3 Å². The molecule has 1 aliphatic rings. The first-order valence-electron chi connectivity index (χ1n) is 9.22. The van der Waals surface area contributed by atoms with Crippen molar-refractivity contribution in [1.82, 2.24) is 5.32 Å². The van der Waals surface area contributed by atoms with Crippen LogP contribution in [0.1, 0.15) is 30.9 Å². The fourth-order valence-corrected chi connectivity index (χ4v) is 3.90. The minimum absolute atomic E-state index is 0.0331. The zero-order chi connectivity index (χ0) is 19.2. The number of para-hydroxylation sites is 1. The number of aryl methyl sites for hydroxylation is 1. The molecule has 0 aromatic heterocycles. The van der Waals surface area contributed by atoms with Crippen LogP contribution < -0.4 is 10.2 Å². The average molecular weight is 381 g/mol. The molecular formula is C22H24N2O2S. The third-order valence-electron chi connectivity index (χ3n) is 4.36. The van der Waals surface area contributed by atoms with E-state index < -0.39 is 0 Å². The number of benzene rings is 2. The Kier molecular flexibility index (Phi) is 6.35. The average Bonchev–Trinajstić information content (AvgIpc) is 2.67. The molecule has 2 aromatic carbocycles. The Bertz CT molecular complexity index is 859. The van der Waals surface area contributed by atoms with Gasteiger partial charge in [0.05, 0.1) is 10.6 Å². The molecule has 0 unspecified atom stereocenters. The summed E-state index contributed by atoms with van der Waals surface area (Å²) in [6, 6.07) is 15.8. The van der Waals surface area contributed by atoms with Crippen molar-refractivity contribution in [3.63, 3.8) is 0 Å². The molecule has 3 rings (SSSR count). The van der Waals surface area contributed by atoms with Gasteiger partial charge in [0, 0.05) is 11.4 Å². The summed E-state index contributed by atoms with van der Waals surface area (Å²) < 4.78 is 0. The van der Waals surface area contributed by atoms with E-state index in [-0.39, 0.29) is 18.4 Å². The number of hydrogen-bond acceptors (Lipinski definition) is 3. The van der Waals surface area contributed by atoms with Crippen molar-refractivity contribution in [3.8, 4) is 0 Å². The predicted molar refractivity (Wildman–Crippen MR) is 112 cm³/mol. The highest BCUT2D eigenvalue weighted by Crippen LogP contribution is 2.41. The number of nitrogens with one attached hydrogen (secondary N) is 1. The number of anilines is 1. The normalized spacial score (nSPS) is 15.0. The van der Waals surface area contributed by atoms with Crippen LogP contribution in [0.3, 0.4) is 0 Å². The lowest BCUT2D eigenvalue weighted by atomic mass is 10.1. The van der Waals surface area contributed by atoms with E-state index in [1.54, 1.807) is 4.90 Å². The van der Waals surface area contributed by atoms with E-state index in [0.717, 1.165) is 29.0 Å². The van der Waals surface area contributed by atoms with E-state index in [9.17, 15) is 9.59 Å². The van der Waals surface area contributed by atoms with Gasteiger partial charge in [-0.3, -0.25) is 14.5 Å². The summed E-state index contributed by atoms with van der Waals surface area (Å²) in [4.78, 5) is 28.6. The van der Waals surface area contributed by atoms with Gasteiger partial charge >= 0.3 is 0 Å². The SMILES string of the molecule is CCCCNC(=O)CN1C(=O)/C(=C\c2ccc(C)cc2)Sc2ccccc21. The van der Waals surface area contributed by atoms with Crippen LogP contribution in [-0.2, 0) is 9.59 Å². The Balaban J connectivity index is 1.86. The molecule has 1 aliphatic heterocycles. The Morgan fingerprint density at radius 3 is 2.63 bits per heavy atom. The molecule has 0 bridgehead atoms. The second kappa shape index (κ2) is 8.91. The highest BCUT2D eigenvalue weighted by atomic mass is 32.2. The van der Waals surface area contributed by atoms with Crippen LogP contribution in [0.5, 0.6) is 0 Å². The van der Waals surface area contributed by atoms with Gasteiger partial charge in [0.25, 0.3) is 5.91 Å².